The quantitative estimate of drug-likeness (QED) is 0.772. The van der Waals surface area contributed by atoms with Gasteiger partial charge in [0.2, 0.25) is 0 Å². The Labute approximate surface area is 107 Å². The maximum Gasteiger partial charge on any atom is 0.326 e. The standard InChI is InChI=1S/C13H20N2O3/c1-3-7-14(2)13(18)15-8-9-5-4-6-10(9)11(15)12(16)17/h3,9-11H,1,4-8H2,2H3,(H,16,17). The van der Waals surface area contributed by atoms with Crippen molar-refractivity contribution < 1.29 is 14.7 Å². The highest BCUT2D eigenvalue weighted by Crippen LogP contribution is 2.42. The van der Waals surface area contributed by atoms with Crippen LogP contribution in [-0.2, 0) is 4.79 Å². The molecule has 1 aliphatic carbocycles. The lowest BCUT2D eigenvalue weighted by molar-refractivity contribution is -0.142. The Morgan fingerprint density at radius 1 is 1.50 bits per heavy atom. The number of carbonyl (C=O) groups excluding carboxylic acids is 1. The van der Waals surface area contributed by atoms with Gasteiger partial charge >= 0.3 is 12.0 Å². The minimum Gasteiger partial charge on any atom is -0.480 e. The van der Waals surface area contributed by atoms with Crippen LogP contribution in [0.25, 0.3) is 0 Å². The Balaban J connectivity index is 2.14. The van der Waals surface area contributed by atoms with Crippen molar-refractivity contribution in [3.63, 3.8) is 0 Å². The van der Waals surface area contributed by atoms with E-state index in [-0.39, 0.29) is 11.9 Å². The number of nitrogens with zero attached hydrogens (tertiary/aromatic N) is 2. The molecule has 1 aliphatic heterocycles. The van der Waals surface area contributed by atoms with Gasteiger partial charge < -0.3 is 14.9 Å². The first-order chi connectivity index (χ1) is 8.56. The van der Waals surface area contributed by atoms with Crippen LogP contribution in [-0.4, -0.2) is 53.1 Å². The summed E-state index contributed by atoms with van der Waals surface area (Å²) in [5.41, 5.74) is 0. The van der Waals surface area contributed by atoms with E-state index in [1.807, 2.05) is 0 Å². The van der Waals surface area contributed by atoms with Crippen molar-refractivity contribution in [1.82, 2.24) is 9.80 Å². The lowest BCUT2D eigenvalue weighted by Crippen LogP contribution is -2.48. The third-order valence-corrected chi connectivity index (χ3v) is 4.12. The fourth-order valence-corrected chi connectivity index (χ4v) is 3.31. The predicted molar refractivity (Wildman–Crippen MR) is 67.2 cm³/mol. The van der Waals surface area contributed by atoms with Crippen molar-refractivity contribution in [2.45, 2.75) is 25.3 Å². The molecule has 1 saturated heterocycles. The van der Waals surface area contributed by atoms with E-state index in [0.29, 0.717) is 19.0 Å². The molecule has 2 amide bonds. The summed E-state index contributed by atoms with van der Waals surface area (Å²) in [4.78, 5) is 26.7. The van der Waals surface area contributed by atoms with Crippen LogP contribution in [0.3, 0.4) is 0 Å². The van der Waals surface area contributed by atoms with Crippen molar-refractivity contribution in [2.24, 2.45) is 11.8 Å². The summed E-state index contributed by atoms with van der Waals surface area (Å²) >= 11 is 0. The van der Waals surface area contributed by atoms with E-state index >= 15 is 0 Å². The average Bonchev–Trinajstić information content (AvgIpc) is 2.86. The van der Waals surface area contributed by atoms with Crippen molar-refractivity contribution >= 4 is 12.0 Å². The van der Waals surface area contributed by atoms with Crippen LogP contribution in [0.4, 0.5) is 4.79 Å². The zero-order chi connectivity index (χ0) is 13.3. The minimum absolute atomic E-state index is 0.142. The van der Waals surface area contributed by atoms with E-state index in [4.69, 9.17) is 0 Å². The highest BCUT2D eigenvalue weighted by atomic mass is 16.4. The molecule has 2 aliphatic rings. The Hall–Kier alpha value is -1.52. The monoisotopic (exact) mass is 252 g/mol. The van der Waals surface area contributed by atoms with Crippen LogP contribution in [0.5, 0.6) is 0 Å². The fourth-order valence-electron chi connectivity index (χ4n) is 3.31. The van der Waals surface area contributed by atoms with Crippen LogP contribution in [0.2, 0.25) is 0 Å². The number of hydrogen-bond acceptors (Lipinski definition) is 2. The van der Waals surface area contributed by atoms with Crippen molar-refractivity contribution in [3.05, 3.63) is 12.7 Å². The molecule has 5 nitrogen and oxygen atoms in total. The van der Waals surface area contributed by atoms with Crippen LogP contribution < -0.4 is 0 Å². The molecule has 5 heteroatoms. The molecular weight excluding hydrogens is 232 g/mol. The van der Waals surface area contributed by atoms with E-state index in [1.165, 1.54) is 9.80 Å². The number of hydrogen-bond donors (Lipinski definition) is 1. The van der Waals surface area contributed by atoms with E-state index in [2.05, 4.69) is 6.58 Å². The molecule has 1 heterocycles. The van der Waals surface area contributed by atoms with Gasteiger partial charge in [0.15, 0.2) is 0 Å². The second-order valence-corrected chi connectivity index (χ2v) is 5.24. The zero-order valence-corrected chi connectivity index (χ0v) is 10.7. The second kappa shape index (κ2) is 5.00. The maximum atomic E-state index is 12.2. The summed E-state index contributed by atoms with van der Waals surface area (Å²) in [5, 5.41) is 9.36. The number of likely N-dealkylation sites (N-methyl/N-ethyl adjacent to an activating group) is 1. The van der Waals surface area contributed by atoms with Gasteiger partial charge in [-0.2, -0.15) is 0 Å². The van der Waals surface area contributed by atoms with Crippen molar-refractivity contribution in [3.8, 4) is 0 Å². The number of carboxylic acid groups (broad SMARTS) is 1. The molecule has 0 aromatic heterocycles. The molecule has 18 heavy (non-hydrogen) atoms. The molecule has 2 fully saturated rings. The van der Waals surface area contributed by atoms with Gasteiger partial charge in [-0.05, 0) is 24.7 Å². The Morgan fingerprint density at radius 2 is 2.22 bits per heavy atom. The highest BCUT2D eigenvalue weighted by Gasteiger charge is 2.49. The number of rotatable bonds is 3. The molecule has 3 atom stereocenters. The molecule has 0 aromatic carbocycles. The Morgan fingerprint density at radius 3 is 2.83 bits per heavy atom. The summed E-state index contributed by atoms with van der Waals surface area (Å²) in [6, 6.07) is -0.839. The van der Waals surface area contributed by atoms with Crippen LogP contribution in [0.15, 0.2) is 12.7 Å². The molecule has 100 valence electrons. The van der Waals surface area contributed by atoms with Crippen LogP contribution in [0, 0.1) is 11.8 Å². The van der Waals surface area contributed by atoms with Crippen LogP contribution in [0.1, 0.15) is 19.3 Å². The molecule has 0 bridgehead atoms. The lowest BCUT2D eigenvalue weighted by Gasteiger charge is -2.28. The SMILES string of the molecule is C=CCN(C)C(=O)N1CC2CCCC2C1C(=O)O. The van der Waals surface area contributed by atoms with E-state index in [0.717, 1.165) is 19.3 Å². The first-order valence-corrected chi connectivity index (χ1v) is 6.41. The second-order valence-electron chi connectivity index (χ2n) is 5.24. The number of amides is 2. The molecular formula is C13H20N2O3. The fraction of sp³-hybridized carbons (Fsp3) is 0.692. The van der Waals surface area contributed by atoms with Gasteiger partial charge in [0.1, 0.15) is 6.04 Å². The average molecular weight is 252 g/mol. The lowest BCUT2D eigenvalue weighted by atomic mass is 9.94. The third-order valence-electron chi connectivity index (χ3n) is 4.12. The summed E-state index contributed by atoms with van der Waals surface area (Å²) in [7, 11) is 1.68. The van der Waals surface area contributed by atoms with E-state index in [9.17, 15) is 14.7 Å². The first kappa shape index (κ1) is 12.9. The van der Waals surface area contributed by atoms with Gasteiger partial charge in [0.05, 0.1) is 0 Å². The zero-order valence-electron chi connectivity index (χ0n) is 10.7. The summed E-state index contributed by atoms with van der Waals surface area (Å²) < 4.78 is 0. The first-order valence-electron chi connectivity index (χ1n) is 6.41. The van der Waals surface area contributed by atoms with Crippen molar-refractivity contribution in [1.29, 1.82) is 0 Å². The Kier molecular flexibility index (Phi) is 3.59. The number of carboxylic acids is 1. The molecule has 3 unspecified atom stereocenters. The van der Waals surface area contributed by atoms with Gasteiger partial charge in [-0.25, -0.2) is 9.59 Å². The van der Waals surface area contributed by atoms with Gasteiger partial charge in [-0.15, -0.1) is 6.58 Å². The van der Waals surface area contributed by atoms with Gasteiger partial charge in [0.25, 0.3) is 0 Å². The minimum atomic E-state index is -0.871. The van der Waals surface area contributed by atoms with Gasteiger partial charge in [-0.3, -0.25) is 0 Å². The number of carbonyl (C=O) groups is 2. The largest absolute Gasteiger partial charge is 0.480 e. The summed E-state index contributed by atoms with van der Waals surface area (Å²) in [6.45, 7) is 4.62. The molecule has 0 aromatic rings. The number of likely N-dealkylation sites (tertiary alicyclic amines) is 1. The molecule has 1 saturated carbocycles. The summed E-state index contributed by atoms with van der Waals surface area (Å²) in [5.74, 6) is -0.361. The van der Waals surface area contributed by atoms with Gasteiger partial charge in [0, 0.05) is 20.1 Å². The molecule has 0 spiro atoms. The number of fused-ring (bicyclic) bond motifs is 1. The molecule has 0 radical (unpaired) electrons. The summed E-state index contributed by atoms with van der Waals surface area (Å²) in [6.07, 6.45) is 4.70. The normalized spacial score (nSPS) is 30.1. The predicted octanol–water partition coefficient (Wildman–Crippen LogP) is 1.41. The topological polar surface area (TPSA) is 60.9 Å². The van der Waals surface area contributed by atoms with Crippen molar-refractivity contribution in [2.75, 3.05) is 20.1 Å². The number of urea groups is 1. The Bertz CT molecular complexity index is 369. The maximum absolute atomic E-state index is 12.2. The van der Waals surface area contributed by atoms with E-state index < -0.39 is 12.0 Å². The third kappa shape index (κ3) is 2.09. The van der Waals surface area contributed by atoms with Crippen LogP contribution >= 0.6 is 0 Å². The molecule has 1 N–H and O–H groups in total. The highest BCUT2D eigenvalue weighted by molar-refractivity contribution is 5.83. The van der Waals surface area contributed by atoms with E-state index in [1.54, 1.807) is 13.1 Å². The molecule has 2 rings (SSSR count). The van der Waals surface area contributed by atoms with Gasteiger partial charge in [-0.1, -0.05) is 12.5 Å². The number of aliphatic carboxylic acids is 1. The smallest absolute Gasteiger partial charge is 0.326 e.